The van der Waals surface area contributed by atoms with Crippen LogP contribution in [0.2, 0.25) is 0 Å². The fraction of sp³-hybridized carbons (Fsp3) is 0.538. The van der Waals surface area contributed by atoms with Gasteiger partial charge in [0, 0.05) is 39.0 Å². The van der Waals surface area contributed by atoms with Gasteiger partial charge in [-0.05, 0) is 30.2 Å². The first-order valence-electron chi connectivity index (χ1n) is 6.19. The molecule has 0 unspecified atom stereocenters. The van der Waals surface area contributed by atoms with E-state index in [0.29, 0.717) is 4.90 Å². The van der Waals surface area contributed by atoms with Crippen molar-refractivity contribution in [3.8, 4) is 0 Å². The lowest BCUT2D eigenvalue weighted by Gasteiger charge is -2.27. The third kappa shape index (κ3) is 3.31. The first-order valence-corrected chi connectivity index (χ1v) is 8.08. The van der Waals surface area contributed by atoms with Crippen molar-refractivity contribution in [2.24, 2.45) is 0 Å². The Balaban J connectivity index is 2.14. The van der Waals surface area contributed by atoms with Gasteiger partial charge in [-0.3, -0.25) is 4.90 Å². The minimum atomic E-state index is -3.10. The maximum atomic E-state index is 11.5. The van der Waals surface area contributed by atoms with Crippen LogP contribution in [0.25, 0.3) is 0 Å². The quantitative estimate of drug-likeness (QED) is 0.881. The van der Waals surface area contributed by atoms with E-state index in [2.05, 4.69) is 10.2 Å². The molecule has 0 spiro atoms. The summed E-state index contributed by atoms with van der Waals surface area (Å²) in [6.45, 7) is 7.03. The normalized spacial score (nSPS) is 17.9. The number of nitrogens with zero attached hydrogens (tertiary/aromatic N) is 1. The highest BCUT2D eigenvalue weighted by Crippen LogP contribution is 2.17. The molecule has 0 amide bonds. The fourth-order valence-electron chi connectivity index (χ4n) is 2.19. The Morgan fingerprint density at radius 1 is 1.28 bits per heavy atom. The van der Waals surface area contributed by atoms with Gasteiger partial charge in [0.2, 0.25) is 0 Å². The lowest BCUT2D eigenvalue weighted by atomic mass is 10.1. The van der Waals surface area contributed by atoms with Gasteiger partial charge in [-0.1, -0.05) is 6.07 Å². The zero-order chi connectivity index (χ0) is 13.2. The Morgan fingerprint density at radius 2 is 1.94 bits per heavy atom. The van der Waals surface area contributed by atoms with Crippen LogP contribution in [0.5, 0.6) is 0 Å². The summed E-state index contributed by atoms with van der Waals surface area (Å²) >= 11 is 0. The molecule has 1 aliphatic heterocycles. The predicted molar refractivity (Wildman–Crippen MR) is 72.4 cm³/mol. The highest BCUT2D eigenvalue weighted by molar-refractivity contribution is 7.90. The number of sulfone groups is 1. The van der Waals surface area contributed by atoms with Crippen LogP contribution in [0.4, 0.5) is 0 Å². The van der Waals surface area contributed by atoms with Gasteiger partial charge >= 0.3 is 0 Å². The lowest BCUT2D eigenvalue weighted by molar-refractivity contribution is 0.233. The standard InChI is InChI=1S/C13H20N2O2S/c1-11-9-13(18(2,16)17)4-3-12(11)10-15-7-5-14-6-8-15/h3-4,9,14H,5-8,10H2,1-2H3. The zero-order valence-corrected chi connectivity index (χ0v) is 11.8. The number of benzene rings is 1. The molecule has 1 heterocycles. The number of hydrogen-bond acceptors (Lipinski definition) is 4. The highest BCUT2D eigenvalue weighted by Gasteiger charge is 2.13. The summed E-state index contributed by atoms with van der Waals surface area (Å²) in [6.07, 6.45) is 1.25. The van der Waals surface area contributed by atoms with Crippen molar-refractivity contribution in [2.45, 2.75) is 18.4 Å². The van der Waals surface area contributed by atoms with Crippen molar-refractivity contribution in [1.82, 2.24) is 10.2 Å². The van der Waals surface area contributed by atoms with Crippen LogP contribution in [0.3, 0.4) is 0 Å². The maximum absolute atomic E-state index is 11.5. The summed E-state index contributed by atoms with van der Waals surface area (Å²) in [5, 5.41) is 3.32. The Labute approximate surface area is 109 Å². The largest absolute Gasteiger partial charge is 0.314 e. The molecule has 18 heavy (non-hydrogen) atoms. The molecule has 0 bridgehead atoms. The smallest absolute Gasteiger partial charge is 0.175 e. The molecule has 1 saturated heterocycles. The van der Waals surface area contributed by atoms with E-state index < -0.39 is 9.84 Å². The van der Waals surface area contributed by atoms with E-state index >= 15 is 0 Å². The van der Waals surface area contributed by atoms with Crippen LogP contribution in [0, 0.1) is 6.92 Å². The van der Waals surface area contributed by atoms with E-state index in [9.17, 15) is 8.42 Å². The zero-order valence-electron chi connectivity index (χ0n) is 10.9. The van der Waals surface area contributed by atoms with Crippen LogP contribution < -0.4 is 5.32 Å². The summed E-state index contributed by atoms with van der Waals surface area (Å²) in [4.78, 5) is 2.79. The summed E-state index contributed by atoms with van der Waals surface area (Å²) in [5.41, 5.74) is 2.26. The molecule has 2 rings (SSSR count). The molecule has 1 aromatic carbocycles. The Kier molecular flexibility index (Phi) is 4.04. The Hall–Kier alpha value is -0.910. The van der Waals surface area contributed by atoms with Crippen molar-refractivity contribution >= 4 is 9.84 Å². The Morgan fingerprint density at radius 3 is 2.50 bits per heavy atom. The molecule has 1 aromatic rings. The number of rotatable bonds is 3. The number of aryl methyl sites for hydroxylation is 1. The fourth-order valence-corrected chi connectivity index (χ4v) is 2.89. The molecule has 5 heteroatoms. The molecule has 4 nitrogen and oxygen atoms in total. The second-order valence-corrected chi connectivity index (χ2v) is 6.90. The van der Waals surface area contributed by atoms with Crippen LogP contribution in [0.1, 0.15) is 11.1 Å². The first kappa shape index (κ1) is 13.5. The van der Waals surface area contributed by atoms with Crippen molar-refractivity contribution in [2.75, 3.05) is 32.4 Å². The summed E-state index contributed by atoms with van der Waals surface area (Å²) < 4.78 is 22.9. The van der Waals surface area contributed by atoms with Gasteiger partial charge in [0.05, 0.1) is 4.90 Å². The number of hydrogen-bond donors (Lipinski definition) is 1. The van der Waals surface area contributed by atoms with Crippen molar-refractivity contribution in [3.05, 3.63) is 29.3 Å². The third-order valence-corrected chi connectivity index (χ3v) is 4.46. The number of piperazine rings is 1. The van der Waals surface area contributed by atoms with E-state index in [4.69, 9.17) is 0 Å². The van der Waals surface area contributed by atoms with E-state index in [1.807, 2.05) is 13.0 Å². The van der Waals surface area contributed by atoms with Crippen molar-refractivity contribution in [3.63, 3.8) is 0 Å². The van der Waals surface area contributed by atoms with Gasteiger partial charge in [0.1, 0.15) is 0 Å². The van der Waals surface area contributed by atoms with E-state index in [-0.39, 0.29) is 0 Å². The topological polar surface area (TPSA) is 49.4 Å². The summed E-state index contributed by atoms with van der Waals surface area (Å²) in [5.74, 6) is 0. The molecule has 0 atom stereocenters. The second-order valence-electron chi connectivity index (χ2n) is 4.89. The van der Waals surface area contributed by atoms with Gasteiger partial charge in [0.15, 0.2) is 9.84 Å². The SMILES string of the molecule is Cc1cc(S(C)(=O)=O)ccc1CN1CCNCC1. The monoisotopic (exact) mass is 268 g/mol. The van der Waals surface area contributed by atoms with Crippen molar-refractivity contribution in [1.29, 1.82) is 0 Å². The average Bonchev–Trinajstić information content (AvgIpc) is 2.32. The average molecular weight is 268 g/mol. The van der Waals surface area contributed by atoms with Gasteiger partial charge in [-0.2, -0.15) is 0 Å². The molecule has 1 N–H and O–H groups in total. The van der Waals surface area contributed by atoms with Crippen molar-refractivity contribution < 1.29 is 8.42 Å². The summed E-state index contributed by atoms with van der Waals surface area (Å²) in [7, 11) is -3.10. The van der Waals surface area contributed by atoms with Gasteiger partial charge in [-0.25, -0.2) is 8.42 Å². The van der Waals surface area contributed by atoms with E-state index in [1.54, 1.807) is 12.1 Å². The molecule has 1 fully saturated rings. The van der Waals surface area contributed by atoms with E-state index in [1.165, 1.54) is 11.8 Å². The Bertz CT molecular complexity index is 520. The predicted octanol–water partition coefficient (Wildman–Crippen LogP) is 0.804. The molecule has 1 aliphatic rings. The second kappa shape index (κ2) is 5.38. The molecule has 0 aliphatic carbocycles. The van der Waals surface area contributed by atoms with Crippen LogP contribution >= 0.6 is 0 Å². The maximum Gasteiger partial charge on any atom is 0.175 e. The van der Waals surface area contributed by atoms with Crippen LogP contribution in [-0.2, 0) is 16.4 Å². The minimum Gasteiger partial charge on any atom is -0.314 e. The third-order valence-electron chi connectivity index (χ3n) is 3.35. The molecule has 0 saturated carbocycles. The summed E-state index contributed by atoms with van der Waals surface area (Å²) in [6, 6.07) is 5.42. The van der Waals surface area contributed by atoms with Gasteiger partial charge < -0.3 is 5.32 Å². The molecule has 0 aromatic heterocycles. The number of nitrogens with one attached hydrogen (secondary N) is 1. The first-order chi connectivity index (χ1) is 8.47. The highest BCUT2D eigenvalue weighted by atomic mass is 32.2. The molecule has 100 valence electrons. The van der Waals surface area contributed by atoms with E-state index in [0.717, 1.165) is 38.3 Å². The lowest BCUT2D eigenvalue weighted by Crippen LogP contribution is -2.42. The minimum absolute atomic E-state index is 0.407. The molecular weight excluding hydrogens is 248 g/mol. The van der Waals surface area contributed by atoms with Crippen LogP contribution in [0.15, 0.2) is 23.1 Å². The molecule has 0 radical (unpaired) electrons. The van der Waals surface area contributed by atoms with Gasteiger partial charge in [0.25, 0.3) is 0 Å². The van der Waals surface area contributed by atoms with Crippen LogP contribution in [-0.4, -0.2) is 45.8 Å². The molecular formula is C13H20N2O2S. The van der Waals surface area contributed by atoms with Gasteiger partial charge in [-0.15, -0.1) is 0 Å².